The van der Waals surface area contributed by atoms with Crippen molar-refractivity contribution in [3.05, 3.63) is 42.4 Å². The number of nitro benzene ring substituents is 2. The minimum Gasteiger partial charge on any atom is -0.258 e. The highest BCUT2D eigenvalue weighted by atomic mass is 35.5. The van der Waals surface area contributed by atoms with Crippen molar-refractivity contribution in [1.29, 1.82) is 5.39 Å². The van der Waals surface area contributed by atoms with Crippen LogP contribution >= 0.6 is 11.6 Å². The zero-order valence-electron chi connectivity index (χ0n) is 6.95. The molecular formula is C6H2ClN4O4+. The fourth-order valence-corrected chi connectivity index (χ4v) is 1.21. The number of nitrogens with zero attached hydrogens (tertiary/aromatic N) is 4. The van der Waals surface area contributed by atoms with Gasteiger partial charge in [0.25, 0.3) is 5.69 Å². The van der Waals surface area contributed by atoms with E-state index in [1.807, 2.05) is 0 Å². The van der Waals surface area contributed by atoms with Gasteiger partial charge in [-0.3, -0.25) is 20.2 Å². The number of hydrogen-bond donors (Lipinski definition) is 0. The molecule has 0 saturated heterocycles. The van der Waals surface area contributed by atoms with Crippen LogP contribution in [0.15, 0.2) is 12.1 Å². The molecule has 0 aliphatic rings. The summed E-state index contributed by atoms with van der Waals surface area (Å²) in [6, 6.07) is 1.57. The smallest absolute Gasteiger partial charge is 0.258 e. The quantitative estimate of drug-likeness (QED) is 0.439. The van der Waals surface area contributed by atoms with E-state index < -0.39 is 31.9 Å². The first-order chi connectivity index (χ1) is 6.97. The molecule has 76 valence electrons. The molecule has 0 saturated carbocycles. The van der Waals surface area contributed by atoms with Crippen LogP contribution in [0.5, 0.6) is 0 Å². The number of hydrogen-bond acceptors (Lipinski definition) is 5. The van der Waals surface area contributed by atoms with Gasteiger partial charge in [-0.1, -0.05) is 11.6 Å². The third-order valence-electron chi connectivity index (χ3n) is 1.53. The van der Waals surface area contributed by atoms with Crippen molar-refractivity contribution >= 4 is 28.7 Å². The molecule has 8 nitrogen and oxygen atoms in total. The average molecular weight is 230 g/mol. The van der Waals surface area contributed by atoms with Crippen molar-refractivity contribution in [2.45, 2.75) is 0 Å². The van der Waals surface area contributed by atoms with Crippen LogP contribution in [0.1, 0.15) is 0 Å². The molecule has 0 N–H and O–H groups in total. The Bertz CT molecular complexity index is 495. The molecule has 0 aliphatic carbocycles. The van der Waals surface area contributed by atoms with E-state index in [1.165, 1.54) is 0 Å². The second-order valence-electron chi connectivity index (χ2n) is 2.41. The molecule has 1 rings (SSSR count). The van der Waals surface area contributed by atoms with Crippen LogP contribution in [-0.2, 0) is 0 Å². The van der Waals surface area contributed by atoms with E-state index >= 15 is 0 Å². The van der Waals surface area contributed by atoms with Crippen LogP contribution < -0.4 is 0 Å². The Morgan fingerprint density at radius 3 is 2.27 bits per heavy atom. The highest BCUT2D eigenvalue weighted by Gasteiger charge is 2.32. The maximum Gasteiger partial charge on any atom is 0.469 e. The van der Waals surface area contributed by atoms with E-state index in [-0.39, 0.29) is 0 Å². The zero-order valence-corrected chi connectivity index (χ0v) is 7.71. The summed E-state index contributed by atoms with van der Waals surface area (Å²) in [4.78, 5) is 21.7. The van der Waals surface area contributed by atoms with Crippen LogP contribution in [0.3, 0.4) is 0 Å². The van der Waals surface area contributed by atoms with Gasteiger partial charge in [0.2, 0.25) is 5.39 Å². The molecule has 9 heteroatoms. The zero-order chi connectivity index (χ0) is 11.6. The third-order valence-corrected chi connectivity index (χ3v) is 1.82. The van der Waals surface area contributed by atoms with Gasteiger partial charge in [0, 0.05) is 6.07 Å². The monoisotopic (exact) mass is 229 g/mol. The van der Waals surface area contributed by atoms with Crippen molar-refractivity contribution in [2.24, 2.45) is 0 Å². The Kier molecular flexibility index (Phi) is 2.77. The molecule has 1 aromatic rings. The predicted octanol–water partition coefficient (Wildman–Crippen LogP) is 2.64. The standard InChI is InChI=1S/C6H2ClN4O4/c7-4-1-3(10(12)13)2-5(9-8)6(4)11(14)15/h1-2H/q+1. The first kappa shape index (κ1) is 10.8. The van der Waals surface area contributed by atoms with Crippen LogP contribution in [0.4, 0.5) is 17.1 Å². The van der Waals surface area contributed by atoms with Crippen molar-refractivity contribution in [1.82, 2.24) is 0 Å². The van der Waals surface area contributed by atoms with Gasteiger partial charge < -0.3 is 0 Å². The van der Waals surface area contributed by atoms with Crippen molar-refractivity contribution in [2.75, 3.05) is 0 Å². The van der Waals surface area contributed by atoms with Crippen molar-refractivity contribution < 1.29 is 9.85 Å². The van der Waals surface area contributed by atoms with Crippen molar-refractivity contribution in [3.63, 3.8) is 0 Å². The van der Waals surface area contributed by atoms with Gasteiger partial charge in [-0.15, -0.1) is 0 Å². The molecule has 0 aliphatic heterocycles. The van der Waals surface area contributed by atoms with E-state index in [2.05, 4.69) is 4.98 Å². The minimum absolute atomic E-state index is 0.456. The number of benzene rings is 1. The molecule has 0 heterocycles. The molecule has 15 heavy (non-hydrogen) atoms. The summed E-state index contributed by atoms with van der Waals surface area (Å²) in [5.74, 6) is 0. The Morgan fingerprint density at radius 2 is 1.87 bits per heavy atom. The summed E-state index contributed by atoms with van der Waals surface area (Å²) in [6.07, 6.45) is 0. The Hall–Kier alpha value is -2.27. The fraction of sp³-hybridized carbons (Fsp3) is 0. The molecule has 0 unspecified atom stereocenters. The number of halogens is 1. The lowest BCUT2D eigenvalue weighted by Gasteiger charge is -1.92. The van der Waals surface area contributed by atoms with E-state index in [0.717, 1.165) is 12.1 Å². The summed E-state index contributed by atoms with van der Waals surface area (Å²) >= 11 is 5.44. The van der Waals surface area contributed by atoms with E-state index in [1.54, 1.807) is 0 Å². The van der Waals surface area contributed by atoms with Gasteiger partial charge in [-0.2, -0.15) is 0 Å². The van der Waals surface area contributed by atoms with Gasteiger partial charge in [0.1, 0.15) is 11.1 Å². The third kappa shape index (κ3) is 1.97. The lowest BCUT2D eigenvalue weighted by atomic mass is 10.2. The summed E-state index contributed by atoms with van der Waals surface area (Å²) in [6.45, 7) is 0. The summed E-state index contributed by atoms with van der Waals surface area (Å²) in [5.41, 5.74) is -1.72. The highest BCUT2D eigenvalue weighted by Crippen LogP contribution is 2.38. The lowest BCUT2D eigenvalue weighted by molar-refractivity contribution is -0.388. The normalized spacial score (nSPS) is 9.33. The van der Waals surface area contributed by atoms with E-state index in [4.69, 9.17) is 17.0 Å². The molecular weight excluding hydrogens is 228 g/mol. The molecule has 0 amide bonds. The Balaban J connectivity index is 3.53. The topological polar surface area (TPSA) is 114 Å². The Morgan fingerprint density at radius 1 is 1.27 bits per heavy atom. The number of non-ortho nitro benzene ring substituents is 1. The summed E-state index contributed by atoms with van der Waals surface area (Å²) < 4.78 is 0. The van der Waals surface area contributed by atoms with Gasteiger partial charge >= 0.3 is 11.4 Å². The number of nitro groups is 2. The van der Waals surface area contributed by atoms with Gasteiger partial charge in [-0.05, 0) is 0 Å². The predicted molar refractivity (Wildman–Crippen MR) is 49.5 cm³/mol. The van der Waals surface area contributed by atoms with E-state index in [0.29, 0.717) is 0 Å². The summed E-state index contributed by atoms with van der Waals surface area (Å²) in [5, 5.41) is 28.8. The van der Waals surface area contributed by atoms with Crippen LogP contribution in [0, 0.1) is 25.6 Å². The maximum absolute atomic E-state index is 10.5. The minimum atomic E-state index is -0.888. The number of diazo groups is 1. The van der Waals surface area contributed by atoms with Gasteiger partial charge in [0.15, 0.2) is 4.98 Å². The summed E-state index contributed by atoms with van der Waals surface area (Å²) in [7, 11) is 0. The molecule has 0 fully saturated rings. The second-order valence-corrected chi connectivity index (χ2v) is 2.82. The molecule has 1 aromatic carbocycles. The van der Waals surface area contributed by atoms with Gasteiger partial charge in [0.05, 0.1) is 9.85 Å². The lowest BCUT2D eigenvalue weighted by Crippen LogP contribution is -1.93. The molecule has 0 radical (unpaired) electrons. The first-order valence-corrected chi connectivity index (χ1v) is 3.82. The van der Waals surface area contributed by atoms with Crippen molar-refractivity contribution in [3.8, 4) is 0 Å². The highest BCUT2D eigenvalue weighted by molar-refractivity contribution is 6.33. The number of rotatable bonds is 2. The Labute approximate surface area is 87.0 Å². The molecule has 0 spiro atoms. The average Bonchev–Trinajstić information content (AvgIpc) is 2.15. The maximum atomic E-state index is 10.5. The molecule has 0 aromatic heterocycles. The van der Waals surface area contributed by atoms with E-state index in [9.17, 15) is 20.2 Å². The first-order valence-electron chi connectivity index (χ1n) is 3.44. The fourth-order valence-electron chi connectivity index (χ4n) is 0.933. The molecule has 0 atom stereocenters. The molecule has 0 bridgehead atoms. The second kappa shape index (κ2) is 3.85. The largest absolute Gasteiger partial charge is 0.469 e. The van der Waals surface area contributed by atoms with Gasteiger partial charge in [-0.25, -0.2) is 0 Å². The van der Waals surface area contributed by atoms with Crippen LogP contribution in [0.25, 0.3) is 4.98 Å². The SMILES string of the molecule is N#[N+]c1cc([N+](=O)[O-])cc(Cl)c1[N+](=O)[O-]. The van der Waals surface area contributed by atoms with Crippen LogP contribution in [0.2, 0.25) is 5.02 Å². The van der Waals surface area contributed by atoms with Crippen LogP contribution in [-0.4, -0.2) is 9.85 Å².